The molecule has 0 aromatic carbocycles. The van der Waals surface area contributed by atoms with Gasteiger partial charge in [0.15, 0.2) is 0 Å². The molecule has 0 spiro atoms. The van der Waals surface area contributed by atoms with Gasteiger partial charge < -0.3 is 10.4 Å². The molecular weight excluding hydrogens is 418 g/mol. The highest BCUT2D eigenvalue weighted by Crippen LogP contribution is 2.39. The number of amides is 1. The Hall–Kier alpha value is -1.78. The van der Waals surface area contributed by atoms with Crippen molar-refractivity contribution in [2.24, 2.45) is 0 Å². The summed E-state index contributed by atoms with van der Waals surface area (Å²) in [6, 6.07) is -0.203. The number of sulfonamides is 1. The molecule has 1 saturated carbocycles. The van der Waals surface area contributed by atoms with Gasteiger partial charge in [-0.15, -0.1) is 0 Å². The summed E-state index contributed by atoms with van der Waals surface area (Å²) < 4.78 is 26.3. The van der Waals surface area contributed by atoms with E-state index in [2.05, 4.69) is 15.3 Å². The third kappa shape index (κ3) is 4.29. The Balaban J connectivity index is 1.49. The van der Waals surface area contributed by atoms with E-state index in [4.69, 9.17) is 0 Å². The first-order valence-corrected chi connectivity index (χ1v) is 12.8. The lowest BCUT2D eigenvalue weighted by Gasteiger charge is -2.39. The zero-order valence-electron chi connectivity index (χ0n) is 18.5. The van der Waals surface area contributed by atoms with Crippen molar-refractivity contribution in [3.05, 3.63) is 11.8 Å². The van der Waals surface area contributed by atoms with E-state index in [1.54, 1.807) is 36.2 Å². The van der Waals surface area contributed by atoms with Gasteiger partial charge in [0.25, 0.3) is 0 Å². The molecule has 2 fully saturated rings. The SMILES string of the molecule is CC(C)S(=O)(=O)N1CCC(Nc2ncc3c(n2)N([C@H]2CCC[C@]2(C)O)C(=O)CC3)CC1. The highest BCUT2D eigenvalue weighted by molar-refractivity contribution is 7.89. The summed E-state index contributed by atoms with van der Waals surface area (Å²) in [5, 5.41) is 13.7. The van der Waals surface area contributed by atoms with E-state index < -0.39 is 20.9 Å². The van der Waals surface area contributed by atoms with Gasteiger partial charge in [-0.05, 0) is 59.3 Å². The molecule has 2 atom stereocenters. The van der Waals surface area contributed by atoms with Crippen molar-refractivity contribution in [1.82, 2.24) is 14.3 Å². The number of aryl methyl sites for hydroxylation is 1. The van der Waals surface area contributed by atoms with Crippen LogP contribution in [-0.2, 0) is 21.2 Å². The number of hydrogen-bond acceptors (Lipinski definition) is 7. The van der Waals surface area contributed by atoms with Gasteiger partial charge in [-0.2, -0.15) is 4.98 Å². The van der Waals surface area contributed by atoms with E-state index in [1.807, 2.05) is 0 Å². The first-order chi connectivity index (χ1) is 14.6. The Morgan fingerprint density at radius 3 is 2.55 bits per heavy atom. The summed E-state index contributed by atoms with van der Waals surface area (Å²) in [4.78, 5) is 23.6. The minimum absolute atomic E-state index is 0.00322. The number of aromatic nitrogens is 2. The minimum Gasteiger partial charge on any atom is -0.388 e. The van der Waals surface area contributed by atoms with E-state index in [-0.39, 0.29) is 18.0 Å². The number of hydrogen-bond donors (Lipinski definition) is 2. The Morgan fingerprint density at radius 1 is 1.23 bits per heavy atom. The van der Waals surface area contributed by atoms with Gasteiger partial charge in [0, 0.05) is 37.3 Å². The second-order valence-electron chi connectivity index (χ2n) is 9.48. The molecule has 2 aliphatic heterocycles. The second kappa shape index (κ2) is 8.29. The smallest absolute Gasteiger partial charge is 0.228 e. The molecule has 10 heteroatoms. The van der Waals surface area contributed by atoms with Crippen molar-refractivity contribution in [3.63, 3.8) is 0 Å². The minimum atomic E-state index is -3.24. The fourth-order valence-electron chi connectivity index (χ4n) is 4.93. The summed E-state index contributed by atoms with van der Waals surface area (Å²) in [6.07, 6.45) is 6.43. The van der Waals surface area contributed by atoms with Gasteiger partial charge >= 0.3 is 0 Å². The summed E-state index contributed by atoms with van der Waals surface area (Å²) in [7, 11) is -3.24. The number of nitrogens with one attached hydrogen (secondary N) is 1. The average Bonchev–Trinajstić information content (AvgIpc) is 3.07. The molecule has 9 nitrogen and oxygen atoms in total. The van der Waals surface area contributed by atoms with Crippen molar-refractivity contribution in [1.29, 1.82) is 0 Å². The van der Waals surface area contributed by atoms with Crippen molar-refractivity contribution in [2.45, 2.75) is 88.7 Å². The largest absolute Gasteiger partial charge is 0.388 e. The summed E-state index contributed by atoms with van der Waals surface area (Å²) in [5.74, 6) is 1.04. The van der Waals surface area contributed by atoms with Crippen LogP contribution in [0.25, 0.3) is 0 Å². The Morgan fingerprint density at radius 2 is 1.94 bits per heavy atom. The predicted molar refractivity (Wildman–Crippen MR) is 118 cm³/mol. The zero-order chi connectivity index (χ0) is 22.4. The van der Waals surface area contributed by atoms with Gasteiger partial charge in [-0.1, -0.05) is 0 Å². The molecule has 1 aliphatic carbocycles. The first kappa shape index (κ1) is 22.4. The van der Waals surface area contributed by atoms with E-state index in [0.717, 1.165) is 18.4 Å². The molecule has 2 N–H and O–H groups in total. The number of carbonyl (C=O) groups is 1. The molecule has 172 valence electrons. The van der Waals surface area contributed by atoms with Crippen molar-refractivity contribution in [2.75, 3.05) is 23.3 Å². The lowest BCUT2D eigenvalue weighted by Crippen LogP contribution is -2.52. The number of nitrogens with zero attached hydrogens (tertiary/aromatic N) is 4. The Kier molecular flexibility index (Phi) is 5.99. The summed E-state index contributed by atoms with van der Waals surface area (Å²) >= 11 is 0. The first-order valence-electron chi connectivity index (χ1n) is 11.3. The van der Waals surface area contributed by atoms with Crippen molar-refractivity contribution in [3.8, 4) is 0 Å². The number of piperidine rings is 1. The fourth-order valence-corrected chi connectivity index (χ4v) is 6.24. The molecule has 0 bridgehead atoms. The fraction of sp³-hybridized carbons (Fsp3) is 0.762. The van der Waals surface area contributed by atoms with Crippen LogP contribution in [0.4, 0.5) is 11.8 Å². The van der Waals surface area contributed by atoms with Crippen LogP contribution < -0.4 is 10.2 Å². The summed E-state index contributed by atoms with van der Waals surface area (Å²) in [6.45, 7) is 6.15. The maximum atomic E-state index is 12.8. The van der Waals surface area contributed by atoms with Gasteiger partial charge in [-0.3, -0.25) is 9.69 Å². The lowest BCUT2D eigenvalue weighted by atomic mass is 9.95. The molecular formula is C21H33N5O4S. The number of aliphatic hydroxyl groups is 1. The van der Waals surface area contributed by atoms with E-state index in [9.17, 15) is 18.3 Å². The lowest BCUT2D eigenvalue weighted by molar-refractivity contribution is -0.120. The third-order valence-electron chi connectivity index (χ3n) is 6.88. The van der Waals surface area contributed by atoms with Gasteiger partial charge in [-0.25, -0.2) is 17.7 Å². The molecule has 1 aromatic heterocycles. The second-order valence-corrected chi connectivity index (χ2v) is 12.0. The normalized spacial score (nSPS) is 28.2. The van der Waals surface area contributed by atoms with Crippen LogP contribution in [0.5, 0.6) is 0 Å². The van der Waals surface area contributed by atoms with E-state index in [1.165, 1.54) is 0 Å². The highest BCUT2D eigenvalue weighted by atomic mass is 32.2. The van der Waals surface area contributed by atoms with Crippen LogP contribution in [0.15, 0.2) is 6.20 Å². The van der Waals surface area contributed by atoms with Gasteiger partial charge in [0.1, 0.15) is 5.82 Å². The molecule has 4 rings (SSSR count). The van der Waals surface area contributed by atoms with Crippen LogP contribution in [0.1, 0.15) is 64.9 Å². The van der Waals surface area contributed by atoms with Crippen molar-refractivity contribution < 1.29 is 18.3 Å². The number of anilines is 2. The topological polar surface area (TPSA) is 116 Å². The van der Waals surface area contributed by atoms with Crippen molar-refractivity contribution >= 4 is 27.7 Å². The molecule has 1 saturated heterocycles. The molecule has 0 unspecified atom stereocenters. The number of fused-ring (bicyclic) bond motifs is 1. The van der Waals surface area contributed by atoms with E-state index >= 15 is 0 Å². The standard InChI is InChI=1S/C21H33N5O4S/c1-14(2)31(29,30)25-11-8-16(9-12-25)23-20-22-13-15-6-7-18(27)26(19(15)24-20)17-5-4-10-21(17,3)28/h13-14,16-17,28H,4-12H2,1-3H3,(H,22,23,24)/t17-,21-/m0/s1. The molecule has 1 amide bonds. The maximum absolute atomic E-state index is 12.8. The molecule has 3 heterocycles. The van der Waals surface area contributed by atoms with Crippen LogP contribution in [-0.4, -0.2) is 69.7 Å². The maximum Gasteiger partial charge on any atom is 0.228 e. The predicted octanol–water partition coefficient (Wildman–Crippen LogP) is 1.67. The van der Waals surface area contributed by atoms with Gasteiger partial charge in [0.2, 0.25) is 21.9 Å². The molecule has 3 aliphatic rings. The molecule has 31 heavy (non-hydrogen) atoms. The monoisotopic (exact) mass is 451 g/mol. The average molecular weight is 452 g/mol. The highest BCUT2D eigenvalue weighted by Gasteiger charge is 2.45. The van der Waals surface area contributed by atoms with E-state index in [0.29, 0.717) is 57.0 Å². The quantitative estimate of drug-likeness (QED) is 0.700. The Bertz CT molecular complexity index is 941. The molecule has 1 aromatic rings. The molecule has 0 radical (unpaired) electrons. The summed E-state index contributed by atoms with van der Waals surface area (Å²) in [5.41, 5.74) is 0.00284. The van der Waals surface area contributed by atoms with Gasteiger partial charge in [0.05, 0.1) is 16.9 Å². The van der Waals surface area contributed by atoms with Crippen LogP contribution in [0.3, 0.4) is 0 Å². The van der Waals surface area contributed by atoms with Crippen LogP contribution in [0.2, 0.25) is 0 Å². The van der Waals surface area contributed by atoms with Crippen LogP contribution in [0, 0.1) is 0 Å². The van der Waals surface area contributed by atoms with Crippen LogP contribution >= 0.6 is 0 Å². The Labute approximate surface area is 184 Å². The number of rotatable bonds is 5. The number of carbonyl (C=O) groups excluding carboxylic acids is 1. The zero-order valence-corrected chi connectivity index (χ0v) is 19.4. The third-order valence-corrected chi connectivity index (χ3v) is 9.16.